The molecule has 2 rings (SSSR count). The van der Waals surface area contributed by atoms with Crippen LogP contribution < -0.4 is 5.32 Å². The number of nitrogens with one attached hydrogen (secondary N) is 1. The first-order valence-corrected chi connectivity index (χ1v) is 5.86. The molecule has 0 saturated heterocycles. The minimum atomic E-state index is -0.511. The lowest BCUT2D eigenvalue weighted by Gasteiger charge is -2.15. The van der Waals surface area contributed by atoms with E-state index in [1.54, 1.807) is 6.92 Å². The van der Waals surface area contributed by atoms with Crippen molar-refractivity contribution in [3.63, 3.8) is 0 Å². The summed E-state index contributed by atoms with van der Waals surface area (Å²) in [5.41, 5.74) is 1.18. The van der Waals surface area contributed by atoms with Gasteiger partial charge in [-0.05, 0) is 30.7 Å². The molecule has 1 unspecified atom stereocenters. The third kappa shape index (κ3) is 2.76. The summed E-state index contributed by atoms with van der Waals surface area (Å²) < 4.78 is 29.0. The van der Waals surface area contributed by atoms with Crippen LogP contribution in [0.5, 0.6) is 0 Å². The highest BCUT2D eigenvalue weighted by atomic mass is 19.1. The zero-order valence-electron chi connectivity index (χ0n) is 10.5. The predicted octanol–water partition coefficient (Wildman–Crippen LogP) is 3.15. The van der Waals surface area contributed by atoms with Crippen LogP contribution in [0.1, 0.15) is 24.1 Å². The van der Waals surface area contributed by atoms with Crippen molar-refractivity contribution in [1.29, 1.82) is 0 Å². The Bertz CT molecular complexity index is 514. The van der Waals surface area contributed by atoms with Gasteiger partial charge in [0.05, 0.1) is 0 Å². The molecule has 2 aromatic rings. The summed E-state index contributed by atoms with van der Waals surface area (Å²) in [6, 6.07) is 5.53. The first-order chi connectivity index (χ1) is 8.58. The Morgan fingerprint density at radius 3 is 2.44 bits per heavy atom. The second-order valence-electron chi connectivity index (χ2n) is 4.42. The molecule has 0 spiro atoms. The van der Waals surface area contributed by atoms with Crippen LogP contribution in [0.2, 0.25) is 0 Å². The normalized spacial score (nSPS) is 12.7. The van der Waals surface area contributed by atoms with Gasteiger partial charge < -0.3 is 9.88 Å². The number of hydrogen-bond acceptors (Lipinski definition) is 1. The van der Waals surface area contributed by atoms with Gasteiger partial charge in [-0.25, -0.2) is 8.78 Å². The topological polar surface area (TPSA) is 17.0 Å². The monoisotopic (exact) mass is 250 g/mol. The number of hydrogen-bond donors (Lipinski definition) is 1. The molecule has 0 aliphatic rings. The van der Waals surface area contributed by atoms with Crippen LogP contribution in [0, 0.1) is 11.6 Å². The first-order valence-electron chi connectivity index (χ1n) is 5.86. The van der Waals surface area contributed by atoms with Crippen molar-refractivity contribution in [1.82, 2.24) is 9.88 Å². The largest absolute Gasteiger partial charge is 0.357 e. The fourth-order valence-corrected chi connectivity index (χ4v) is 1.96. The minimum Gasteiger partial charge on any atom is -0.357 e. The molecule has 0 aliphatic carbocycles. The fraction of sp³-hybridized carbons (Fsp3) is 0.286. The molecule has 0 radical (unpaired) electrons. The van der Waals surface area contributed by atoms with E-state index in [4.69, 9.17) is 0 Å². The second-order valence-corrected chi connectivity index (χ2v) is 4.42. The number of rotatable bonds is 4. The zero-order chi connectivity index (χ0) is 13.1. The quantitative estimate of drug-likeness (QED) is 0.882. The number of aryl methyl sites for hydroxylation is 1. The molecular weight excluding hydrogens is 234 g/mol. The second kappa shape index (κ2) is 5.31. The Morgan fingerprint density at radius 2 is 1.89 bits per heavy atom. The Kier molecular flexibility index (Phi) is 3.77. The predicted molar refractivity (Wildman–Crippen MR) is 67.0 cm³/mol. The highest BCUT2D eigenvalue weighted by Gasteiger charge is 2.15. The van der Waals surface area contributed by atoms with E-state index in [9.17, 15) is 8.78 Å². The number of benzene rings is 1. The average molecular weight is 250 g/mol. The summed E-state index contributed by atoms with van der Waals surface area (Å²) in [5.74, 6) is -1.02. The summed E-state index contributed by atoms with van der Waals surface area (Å²) in [7, 11) is 1.93. The van der Waals surface area contributed by atoms with Crippen LogP contribution in [0.3, 0.4) is 0 Å². The highest BCUT2D eigenvalue weighted by Crippen LogP contribution is 2.20. The molecule has 0 aliphatic heterocycles. The first kappa shape index (κ1) is 12.8. The highest BCUT2D eigenvalue weighted by molar-refractivity contribution is 5.23. The maximum Gasteiger partial charge on any atom is 0.130 e. The maximum absolute atomic E-state index is 13.5. The molecule has 1 atom stereocenters. The molecule has 96 valence electrons. The third-order valence-electron chi connectivity index (χ3n) is 2.94. The Balaban J connectivity index is 2.06. The van der Waals surface area contributed by atoms with E-state index in [-0.39, 0.29) is 11.6 Å². The van der Waals surface area contributed by atoms with Gasteiger partial charge in [0, 0.05) is 37.6 Å². The molecule has 0 fully saturated rings. The molecule has 0 saturated carbocycles. The average Bonchev–Trinajstić information content (AvgIpc) is 2.72. The molecule has 1 heterocycles. The van der Waals surface area contributed by atoms with E-state index in [1.165, 1.54) is 18.2 Å². The van der Waals surface area contributed by atoms with Crippen molar-refractivity contribution in [2.45, 2.75) is 19.5 Å². The van der Waals surface area contributed by atoms with Crippen molar-refractivity contribution in [2.75, 3.05) is 0 Å². The molecular formula is C14H16F2N2. The molecule has 2 nitrogen and oxygen atoms in total. The van der Waals surface area contributed by atoms with Gasteiger partial charge in [-0.1, -0.05) is 6.07 Å². The van der Waals surface area contributed by atoms with Crippen molar-refractivity contribution < 1.29 is 8.78 Å². The van der Waals surface area contributed by atoms with Gasteiger partial charge in [0.2, 0.25) is 0 Å². The van der Waals surface area contributed by atoms with Crippen LogP contribution in [0.15, 0.2) is 36.7 Å². The van der Waals surface area contributed by atoms with Gasteiger partial charge in [-0.2, -0.15) is 0 Å². The van der Waals surface area contributed by atoms with Gasteiger partial charge in [0.1, 0.15) is 11.6 Å². The smallest absolute Gasteiger partial charge is 0.130 e. The van der Waals surface area contributed by atoms with Crippen molar-refractivity contribution in [3.05, 3.63) is 59.4 Å². The standard InChI is InChI=1S/C14H16F2N2/c1-10(14-12(15)4-3-5-13(14)16)17-8-11-6-7-18(2)9-11/h3-7,9-10,17H,8H2,1-2H3. The van der Waals surface area contributed by atoms with Gasteiger partial charge in [0.15, 0.2) is 0 Å². The van der Waals surface area contributed by atoms with Crippen LogP contribution >= 0.6 is 0 Å². The molecule has 1 N–H and O–H groups in total. The molecule has 4 heteroatoms. The van der Waals surface area contributed by atoms with E-state index in [0.29, 0.717) is 6.54 Å². The van der Waals surface area contributed by atoms with Gasteiger partial charge in [-0.3, -0.25) is 0 Å². The number of aromatic nitrogens is 1. The summed E-state index contributed by atoms with van der Waals surface area (Å²) in [5, 5.41) is 3.12. The number of nitrogens with zero attached hydrogens (tertiary/aromatic N) is 1. The summed E-state index contributed by atoms with van der Waals surface area (Å²) >= 11 is 0. The van der Waals surface area contributed by atoms with Crippen LogP contribution in [0.25, 0.3) is 0 Å². The van der Waals surface area contributed by atoms with Crippen LogP contribution in [-0.4, -0.2) is 4.57 Å². The van der Waals surface area contributed by atoms with Crippen LogP contribution in [-0.2, 0) is 13.6 Å². The van der Waals surface area contributed by atoms with E-state index in [1.807, 2.05) is 30.1 Å². The zero-order valence-corrected chi connectivity index (χ0v) is 10.5. The maximum atomic E-state index is 13.5. The third-order valence-corrected chi connectivity index (χ3v) is 2.94. The molecule has 0 amide bonds. The summed E-state index contributed by atoms with van der Waals surface area (Å²) in [4.78, 5) is 0. The van der Waals surface area contributed by atoms with Gasteiger partial charge >= 0.3 is 0 Å². The van der Waals surface area contributed by atoms with Gasteiger partial charge in [0.25, 0.3) is 0 Å². The van der Waals surface area contributed by atoms with Crippen molar-refractivity contribution in [2.24, 2.45) is 7.05 Å². The molecule has 18 heavy (non-hydrogen) atoms. The van der Waals surface area contributed by atoms with E-state index < -0.39 is 11.6 Å². The lowest BCUT2D eigenvalue weighted by molar-refractivity contribution is 0.487. The van der Waals surface area contributed by atoms with Crippen molar-refractivity contribution >= 4 is 0 Å². The molecule has 1 aromatic heterocycles. The van der Waals surface area contributed by atoms with Gasteiger partial charge in [-0.15, -0.1) is 0 Å². The Hall–Kier alpha value is -1.68. The molecule has 0 bridgehead atoms. The lowest BCUT2D eigenvalue weighted by atomic mass is 10.1. The van der Waals surface area contributed by atoms with E-state index >= 15 is 0 Å². The number of halogens is 2. The van der Waals surface area contributed by atoms with Crippen LogP contribution in [0.4, 0.5) is 8.78 Å². The lowest BCUT2D eigenvalue weighted by Crippen LogP contribution is -2.20. The Labute approximate surface area is 105 Å². The summed E-state index contributed by atoms with van der Waals surface area (Å²) in [6.45, 7) is 2.33. The summed E-state index contributed by atoms with van der Waals surface area (Å²) in [6.07, 6.45) is 3.91. The molecule has 1 aromatic carbocycles. The fourth-order valence-electron chi connectivity index (χ4n) is 1.96. The van der Waals surface area contributed by atoms with Crippen molar-refractivity contribution in [3.8, 4) is 0 Å². The van der Waals surface area contributed by atoms with E-state index in [2.05, 4.69) is 5.32 Å². The van der Waals surface area contributed by atoms with E-state index in [0.717, 1.165) is 5.56 Å². The Morgan fingerprint density at radius 1 is 1.22 bits per heavy atom. The SMILES string of the molecule is CC(NCc1ccn(C)c1)c1c(F)cccc1F. The minimum absolute atomic E-state index is 0.0911.